The zero-order chi connectivity index (χ0) is 22.2. The van der Waals surface area contributed by atoms with Crippen LogP contribution in [0.3, 0.4) is 0 Å². The van der Waals surface area contributed by atoms with E-state index in [1.807, 2.05) is 37.3 Å². The number of halogens is 3. The number of fused-ring (bicyclic) bond motifs is 1. The molecule has 0 spiro atoms. The molecule has 1 amide bonds. The van der Waals surface area contributed by atoms with E-state index >= 15 is 0 Å². The fourth-order valence-electron chi connectivity index (χ4n) is 3.33. The van der Waals surface area contributed by atoms with E-state index in [9.17, 15) is 22.8 Å². The van der Waals surface area contributed by atoms with Gasteiger partial charge >= 0.3 is 6.18 Å². The number of rotatable bonds is 4. The standard InChI is InChI=1S/C22H16F3N3O2S/c1-13-18(14-6-3-2-4-7-14)19-20(31-13)26-12-28(21(19)30)11-17(29)27-16-9-5-8-15(10-16)22(23,24)25/h2-10,12H,11H2,1H3,(H,27,29). The van der Waals surface area contributed by atoms with Gasteiger partial charge in [0.25, 0.3) is 5.56 Å². The van der Waals surface area contributed by atoms with Gasteiger partial charge in [-0.15, -0.1) is 11.3 Å². The van der Waals surface area contributed by atoms with Crippen molar-refractivity contribution in [1.29, 1.82) is 0 Å². The van der Waals surface area contributed by atoms with Gasteiger partial charge in [0, 0.05) is 16.1 Å². The van der Waals surface area contributed by atoms with Gasteiger partial charge < -0.3 is 5.32 Å². The van der Waals surface area contributed by atoms with Crippen LogP contribution in [0.1, 0.15) is 10.4 Å². The Bertz CT molecular complexity index is 1330. The number of anilines is 1. The Morgan fingerprint density at radius 1 is 1.13 bits per heavy atom. The lowest BCUT2D eigenvalue weighted by Gasteiger charge is -2.11. The molecule has 0 saturated heterocycles. The highest BCUT2D eigenvalue weighted by Crippen LogP contribution is 2.35. The highest BCUT2D eigenvalue weighted by atomic mass is 32.1. The van der Waals surface area contributed by atoms with Crippen molar-refractivity contribution in [1.82, 2.24) is 9.55 Å². The van der Waals surface area contributed by atoms with Crippen molar-refractivity contribution in [2.75, 3.05) is 5.32 Å². The largest absolute Gasteiger partial charge is 0.416 e. The molecule has 0 aliphatic heterocycles. The van der Waals surface area contributed by atoms with E-state index in [0.29, 0.717) is 10.2 Å². The van der Waals surface area contributed by atoms with Crippen LogP contribution in [0.5, 0.6) is 0 Å². The lowest BCUT2D eigenvalue weighted by atomic mass is 10.0. The molecule has 4 rings (SSSR count). The number of benzene rings is 2. The van der Waals surface area contributed by atoms with E-state index < -0.39 is 17.6 Å². The van der Waals surface area contributed by atoms with Crippen LogP contribution in [0, 0.1) is 6.92 Å². The molecule has 0 fully saturated rings. The molecule has 5 nitrogen and oxygen atoms in total. The van der Waals surface area contributed by atoms with Gasteiger partial charge in [-0.25, -0.2) is 4.98 Å². The fraction of sp³-hybridized carbons (Fsp3) is 0.136. The van der Waals surface area contributed by atoms with E-state index in [4.69, 9.17) is 0 Å². The average Bonchev–Trinajstić information content (AvgIpc) is 3.07. The molecule has 2 aromatic heterocycles. The highest BCUT2D eigenvalue weighted by molar-refractivity contribution is 7.19. The van der Waals surface area contributed by atoms with E-state index in [1.54, 1.807) is 0 Å². The number of hydrogen-bond acceptors (Lipinski definition) is 4. The van der Waals surface area contributed by atoms with Crippen molar-refractivity contribution < 1.29 is 18.0 Å². The Labute approximate surface area is 178 Å². The number of thiophene rings is 1. The molecular weight excluding hydrogens is 427 g/mol. The predicted molar refractivity (Wildman–Crippen MR) is 114 cm³/mol. The summed E-state index contributed by atoms with van der Waals surface area (Å²) in [6.07, 6.45) is -3.24. The summed E-state index contributed by atoms with van der Waals surface area (Å²) in [5.74, 6) is -0.629. The van der Waals surface area contributed by atoms with Crippen LogP contribution in [0.2, 0.25) is 0 Å². The van der Waals surface area contributed by atoms with Gasteiger partial charge in [-0.2, -0.15) is 13.2 Å². The quantitative estimate of drug-likeness (QED) is 0.478. The third-order valence-corrected chi connectivity index (χ3v) is 5.72. The van der Waals surface area contributed by atoms with Crippen molar-refractivity contribution in [3.05, 3.63) is 81.7 Å². The first-order valence-corrected chi connectivity index (χ1v) is 10.1. The smallest absolute Gasteiger partial charge is 0.325 e. The molecule has 0 aliphatic rings. The third-order valence-electron chi connectivity index (χ3n) is 4.70. The number of nitrogens with zero attached hydrogens (tertiary/aromatic N) is 2. The molecule has 0 unspecified atom stereocenters. The third kappa shape index (κ3) is 4.22. The van der Waals surface area contributed by atoms with Gasteiger partial charge in [-0.05, 0) is 30.7 Å². The van der Waals surface area contributed by atoms with E-state index in [1.165, 1.54) is 29.8 Å². The summed E-state index contributed by atoms with van der Waals surface area (Å²) in [4.78, 5) is 31.3. The first kappa shape index (κ1) is 20.8. The molecule has 158 valence electrons. The number of aryl methyl sites for hydroxylation is 1. The lowest BCUT2D eigenvalue weighted by Crippen LogP contribution is -2.27. The first-order valence-electron chi connectivity index (χ1n) is 9.25. The molecule has 1 N–H and O–H groups in total. The summed E-state index contributed by atoms with van der Waals surface area (Å²) in [6, 6.07) is 13.7. The number of carbonyl (C=O) groups is 1. The summed E-state index contributed by atoms with van der Waals surface area (Å²) in [6.45, 7) is 1.53. The van der Waals surface area contributed by atoms with Crippen LogP contribution >= 0.6 is 11.3 Å². The lowest BCUT2D eigenvalue weighted by molar-refractivity contribution is -0.137. The second kappa shape index (κ2) is 7.99. The number of hydrogen-bond donors (Lipinski definition) is 1. The number of aromatic nitrogens is 2. The van der Waals surface area contributed by atoms with Gasteiger partial charge in [-0.3, -0.25) is 14.2 Å². The van der Waals surface area contributed by atoms with Crippen molar-refractivity contribution in [3.8, 4) is 11.1 Å². The molecule has 0 bridgehead atoms. The summed E-state index contributed by atoms with van der Waals surface area (Å²) in [5, 5.41) is 2.83. The van der Waals surface area contributed by atoms with Gasteiger partial charge in [0.1, 0.15) is 11.4 Å². The maximum atomic E-state index is 13.1. The molecule has 2 heterocycles. The van der Waals surface area contributed by atoms with Crippen LogP contribution in [-0.4, -0.2) is 15.5 Å². The monoisotopic (exact) mass is 443 g/mol. The maximum absolute atomic E-state index is 13.1. The Morgan fingerprint density at radius 3 is 2.58 bits per heavy atom. The summed E-state index contributed by atoms with van der Waals surface area (Å²) < 4.78 is 39.8. The zero-order valence-corrected chi connectivity index (χ0v) is 17.1. The van der Waals surface area contributed by atoms with Gasteiger partial charge in [-0.1, -0.05) is 36.4 Å². The first-order chi connectivity index (χ1) is 14.7. The maximum Gasteiger partial charge on any atom is 0.416 e. The van der Waals surface area contributed by atoms with Gasteiger partial charge in [0.15, 0.2) is 0 Å². The summed E-state index contributed by atoms with van der Waals surface area (Å²) >= 11 is 1.39. The molecule has 0 aliphatic carbocycles. The highest BCUT2D eigenvalue weighted by Gasteiger charge is 2.30. The number of nitrogens with one attached hydrogen (secondary N) is 1. The molecule has 0 radical (unpaired) electrons. The van der Waals surface area contributed by atoms with Crippen LogP contribution in [0.4, 0.5) is 18.9 Å². The molecular formula is C22H16F3N3O2S. The molecule has 0 atom stereocenters. The SMILES string of the molecule is Cc1sc2ncn(CC(=O)Nc3cccc(C(F)(F)F)c3)c(=O)c2c1-c1ccccc1. The second-order valence-electron chi connectivity index (χ2n) is 6.88. The predicted octanol–water partition coefficient (Wildman–Crippen LogP) is 5.09. The number of carbonyl (C=O) groups excluding carboxylic acids is 1. The van der Waals surface area contributed by atoms with Crippen LogP contribution in [-0.2, 0) is 17.5 Å². The summed E-state index contributed by atoms with van der Waals surface area (Å²) in [5.41, 5.74) is 0.388. The van der Waals surface area contributed by atoms with Crippen LogP contribution < -0.4 is 10.9 Å². The molecule has 9 heteroatoms. The Balaban J connectivity index is 1.65. The van der Waals surface area contributed by atoms with Crippen molar-refractivity contribution in [2.45, 2.75) is 19.6 Å². The zero-order valence-electron chi connectivity index (χ0n) is 16.2. The minimum atomic E-state index is -4.52. The molecule has 31 heavy (non-hydrogen) atoms. The fourth-order valence-corrected chi connectivity index (χ4v) is 4.33. The van der Waals surface area contributed by atoms with Crippen molar-refractivity contribution in [2.24, 2.45) is 0 Å². The second-order valence-corrected chi connectivity index (χ2v) is 8.09. The molecule has 2 aromatic carbocycles. The topological polar surface area (TPSA) is 64.0 Å². The minimum absolute atomic E-state index is 0.00161. The van der Waals surface area contributed by atoms with Gasteiger partial charge in [0.05, 0.1) is 17.3 Å². The van der Waals surface area contributed by atoms with E-state index in [0.717, 1.165) is 32.7 Å². The van der Waals surface area contributed by atoms with Crippen LogP contribution in [0.25, 0.3) is 21.3 Å². The van der Waals surface area contributed by atoms with E-state index in [-0.39, 0.29) is 17.8 Å². The number of amides is 1. The Hall–Kier alpha value is -3.46. The van der Waals surface area contributed by atoms with Gasteiger partial charge in [0.2, 0.25) is 5.91 Å². The Morgan fingerprint density at radius 2 is 1.87 bits per heavy atom. The van der Waals surface area contributed by atoms with Crippen LogP contribution in [0.15, 0.2) is 65.7 Å². The van der Waals surface area contributed by atoms with E-state index in [2.05, 4.69) is 10.3 Å². The van der Waals surface area contributed by atoms with Crippen molar-refractivity contribution in [3.63, 3.8) is 0 Å². The average molecular weight is 443 g/mol. The van der Waals surface area contributed by atoms with Crippen molar-refractivity contribution >= 4 is 33.1 Å². The number of alkyl halides is 3. The summed E-state index contributed by atoms with van der Waals surface area (Å²) in [7, 11) is 0. The Kier molecular flexibility index (Phi) is 5.36. The molecule has 4 aromatic rings. The minimum Gasteiger partial charge on any atom is -0.325 e. The molecule has 0 saturated carbocycles. The normalized spacial score (nSPS) is 11.6.